The Balaban J connectivity index is 0.000000501. The predicted molar refractivity (Wildman–Crippen MR) is 83.5 cm³/mol. The van der Waals surface area contributed by atoms with Gasteiger partial charge in [-0.2, -0.15) is 13.2 Å². The van der Waals surface area contributed by atoms with Crippen LogP contribution in [0.1, 0.15) is 19.7 Å². The molecule has 7 N–H and O–H groups in total. The van der Waals surface area contributed by atoms with Crippen LogP contribution in [0.2, 0.25) is 0 Å². The van der Waals surface area contributed by atoms with Crippen molar-refractivity contribution in [3.8, 4) is 0 Å². The first-order valence-corrected chi connectivity index (χ1v) is 7.00. The number of nitrogens with zero attached hydrogens (tertiary/aromatic N) is 3. The highest BCUT2D eigenvalue weighted by atomic mass is 19.4. The highest BCUT2D eigenvalue weighted by molar-refractivity contribution is 5.73. The fourth-order valence-electron chi connectivity index (χ4n) is 1.39. The normalized spacial score (nSPS) is 14.0. The topological polar surface area (TPSA) is 128 Å². The summed E-state index contributed by atoms with van der Waals surface area (Å²) in [4.78, 5) is 6.19. The summed E-state index contributed by atoms with van der Waals surface area (Å²) in [5.41, 5.74) is 10.4. The molecule has 0 amide bonds. The standard InChI is InChI=1S/C6H9F3N6.C4H9NO.C2H6/c1-15(12)4-2(10)3(11)13-5(14-4)6(7,8)9;1-3-6-4-2-5-1;1-2/h10,12H2,1H3,(H2,11,13,14);5H,1-4H2;1-2H3. The van der Waals surface area contributed by atoms with Crippen molar-refractivity contribution in [1.82, 2.24) is 15.3 Å². The van der Waals surface area contributed by atoms with Gasteiger partial charge in [-0.05, 0) is 0 Å². The van der Waals surface area contributed by atoms with Gasteiger partial charge in [-0.15, -0.1) is 0 Å². The largest absolute Gasteiger partial charge is 0.451 e. The van der Waals surface area contributed by atoms with Crippen LogP contribution >= 0.6 is 0 Å². The third-order valence-electron chi connectivity index (χ3n) is 2.39. The molecule has 0 bridgehead atoms. The Bertz CT molecular complexity index is 453. The molecule has 1 saturated heterocycles. The Morgan fingerprint density at radius 3 is 1.96 bits per heavy atom. The lowest BCUT2D eigenvalue weighted by Crippen LogP contribution is -2.30. The predicted octanol–water partition coefficient (Wildman–Crippen LogP) is 0.602. The van der Waals surface area contributed by atoms with Gasteiger partial charge in [-0.25, -0.2) is 15.8 Å². The number of alkyl halides is 3. The van der Waals surface area contributed by atoms with E-state index in [1.54, 1.807) is 0 Å². The van der Waals surface area contributed by atoms with Crippen molar-refractivity contribution >= 4 is 17.3 Å². The summed E-state index contributed by atoms with van der Waals surface area (Å²) in [6.07, 6.45) is -4.69. The Morgan fingerprint density at radius 2 is 1.65 bits per heavy atom. The van der Waals surface area contributed by atoms with Gasteiger partial charge >= 0.3 is 6.18 Å². The van der Waals surface area contributed by atoms with Gasteiger partial charge in [0.1, 0.15) is 5.69 Å². The monoisotopic (exact) mass is 339 g/mol. The van der Waals surface area contributed by atoms with E-state index in [1.165, 1.54) is 7.05 Å². The number of hydrogen-bond acceptors (Lipinski definition) is 8. The number of aromatic nitrogens is 2. The van der Waals surface area contributed by atoms with Crippen LogP contribution in [0.5, 0.6) is 0 Å². The highest BCUT2D eigenvalue weighted by Crippen LogP contribution is 2.31. The van der Waals surface area contributed by atoms with Gasteiger partial charge in [0.15, 0.2) is 11.6 Å². The summed E-state index contributed by atoms with van der Waals surface area (Å²) in [6, 6.07) is 0. The van der Waals surface area contributed by atoms with E-state index in [2.05, 4.69) is 15.3 Å². The summed E-state index contributed by atoms with van der Waals surface area (Å²) in [7, 11) is 1.29. The zero-order valence-electron chi connectivity index (χ0n) is 13.4. The molecule has 11 heteroatoms. The Hall–Kier alpha value is -1.85. The quantitative estimate of drug-likeness (QED) is 0.432. The van der Waals surface area contributed by atoms with Gasteiger partial charge in [0.2, 0.25) is 5.82 Å². The first kappa shape index (κ1) is 21.1. The second kappa shape index (κ2) is 10.0. The fraction of sp³-hybridized carbons (Fsp3) is 0.667. The number of rotatable bonds is 1. The molecule has 1 aromatic rings. The van der Waals surface area contributed by atoms with E-state index in [1.807, 2.05) is 13.8 Å². The maximum atomic E-state index is 12.3. The summed E-state index contributed by atoms with van der Waals surface area (Å²) < 4.78 is 41.8. The number of nitrogens with one attached hydrogen (secondary N) is 1. The van der Waals surface area contributed by atoms with Crippen molar-refractivity contribution in [1.29, 1.82) is 0 Å². The molecule has 1 fully saturated rings. The average molecular weight is 339 g/mol. The first-order valence-electron chi connectivity index (χ1n) is 7.00. The third-order valence-corrected chi connectivity index (χ3v) is 2.39. The van der Waals surface area contributed by atoms with E-state index in [9.17, 15) is 13.2 Å². The number of anilines is 3. The minimum Gasteiger partial charge on any atom is -0.393 e. The molecule has 0 aromatic carbocycles. The van der Waals surface area contributed by atoms with Gasteiger partial charge in [-0.1, -0.05) is 13.8 Å². The molecule has 23 heavy (non-hydrogen) atoms. The van der Waals surface area contributed by atoms with E-state index < -0.39 is 17.8 Å². The SMILES string of the molecule is C1COCCN1.CC.CN(N)c1nc(C(F)(F)F)nc(N)c1N. The average Bonchev–Trinajstić information content (AvgIpc) is 2.53. The van der Waals surface area contributed by atoms with Crippen molar-refractivity contribution in [2.45, 2.75) is 20.0 Å². The summed E-state index contributed by atoms with van der Waals surface area (Å²) in [5.74, 6) is 3.14. The minimum absolute atomic E-state index is 0.187. The summed E-state index contributed by atoms with van der Waals surface area (Å²) >= 11 is 0. The van der Waals surface area contributed by atoms with Crippen LogP contribution in [0.25, 0.3) is 0 Å². The second-order valence-electron chi connectivity index (χ2n) is 4.14. The number of ether oxygens (including phenoxy) is 1. The van der Waals surface area contributed by atoms with Gasteiger partial charge in [-0.3, -0.25) is 5.01 Å². The molecule has 1 aromatic heterocycles. The van der Waals surface area contributed by atoms with Crippen molar-refractivity contribution in [3.63, 3.8) is 0 Å². The Morgan fingerprint density at radius 1 is 1.13 bits per heavy atom. The van der Waals surface area contributed by atoms with E-state index in [0.717, 1.165) is 31.3 Å². The van der Waals surface area contributed by atoms with Crippen molar-refractivity contribution in [2.75, 3.05) is 49.8 Å². The highest BCUT2D eigenvalue weighted by Gasteiger charge is 2.36. The van der Waals surface area contributed by atoms with Crippen molar-refractivity contribution < 1.29 is 17.9 Å². The number of halogens is 3. The van der Waals surface area contributed by atoms with Crippen molar-refractivity contribution in [3.05, 3.63) is 5.82 Å². The maximum absolute atomic E-state index is 12.3. The second-order valence-corrected chi connectivity index (χ2v) is 4.14. The Labute approximate surface area is 133 Å². The van der Waals surface area contributed by atoms with Crippen LogP contribution in [0.4, 0.5) is 30.5 Å². The van der Waals surface area contributed by atoms with Crippen LogP contribution in [0.3, 0.4) is 0 Å². The molecular formula is C12H24F3N7O. The van der Waals surface area contributed by atoms with Crippen LogP contribution in [-0.2, 0) is 10.9 Å². The van der Waals surface area contributed by atoms with Gasteiger partial charge < -0.3 is 21.5 Å². The van der Waals surface area contributed by atoms with Gasteiger partial charge in [0, 0.05) is 20.1 Å². The summed E-state index contributed by atoms with van der Waals surface area (Å²) in [5, 5.41) is 4.00. The molecule has 0 unspecified atom stereocenters. The third kappa shape index (κ3) is 7.30. The molecule has 0 aliphatic carbocycles. The Kier molecular flexibility index (Phi) is 9.22. The number of nitrogens with two attached hydrogens (primary N) is 3. The lowest BCUT2D eigenvalue weighted by atomic mass is 10.4. The number of hydrazine groups is 1. The molecule has 134 valence electrons. The smallest absolute Gasteiger partial charge is 0.393 e. The van der Waals surface area contributed by atoms with E-state index >= 15 is 0 Å². The molecule has 2 heterocycles. The first-order chi connectivity index (χ1) is 10.7. The van der Waals surface area contributed by atoms with Crippen LogP contribution in [0, 0.1) is 0 Å². The lowest BCUT2D eigenvalue weighted by Gasteiger charge is -2.16. The fourth-order valence-corrected chi connectivity index (χ4v) is 1.39. The number of hydrogen-bond donors (Lipinski definition) is 4. The van der Waals surface area contributed by atoms with Crippen LogP contribution in [0.15, 0.2) is 0 Å². The maximum Gasteiger partial charge on any atom is 0.451 e. The van der Waals surface area contributed by atoms with Gasteiger partial charge in [0.05, 0.1) is 13.2 Å². The zero-order valence-corrected chi connectivity index (χ0v) is 13.4. The molecule has 0 atom stereocenters. The molecular weight excluding hydrogens is 315 g/mol. The molecule has 1 aliphatic heterocycles. The minimum atomic E-state index is -4.69. The van der Waals surface area contributed by atoms with Crippen LogP contribution < -0.4 is 27.6 Å². The van der Waals surface area contributed by atoms with E-state index in [-0.39, 0.29) is 11.5 Å². The van der Waals surface area contributed by atoms with Gasteiger partial charge in [0.25, 0.3) is 0 Å². The van der Waals surface area contributed by atoms with E-state index in [4.69, 9.17) is 22.0 Å². The zero-order chi connectivity index (χ0) is 18.0. The van der Waals surface area contributed by atoms with Crippen molar-refractivity contribution in [2.24, 2.45) is 5.84 Å². The van der Waals surface area contributed by atoms with E-state index in [0.29, 0.717) is 0 Å². The summed E-state index contributed by atoms with van der Waals surface area (Å²) in [6.45, 7) is 7.83. The molecule has 8 nitrogen and oxygen atoms in total. The number of nitrogen functional groups attached to an aromatic ring is 2. The molecule has 0 radical (unpaired) electrons. The lowest BCUT2D eigenvalue weighted by molar-refractivity contribution is -0.144. The number of morpholine rings is 1. The van der Waals surface area contributed by atoms with Crippen LogP contribution in [-0.4, -0.2) is 43.3 Å². The molecule has 0 spiro atoms. The molecule has 1 aliphatic rings. The molecule has 0 saturated carbocycles. The molecule has 2 rings (SSSR count).